The molecule has 1 saturated carbocycles. The summed E-state index contributed by atoms with van der Waals surface area (Å²) < 4.78 is 0. The molecule has 10 heteroatoms. The second-order valence-corrected chi connectivity index (χ2v) is 13.1. The van der Waals surface area contributed by atoms with E-state index in [9.17, 15) is 29.1 Å². The molecule has 3 aromatic carbocycles. The molecule has 2 heterocycles. The van der Waals surface area contributed by atoms with Crippen LogP contribution in [-0.4, -0.2) is 56.2 Å². The topological polar surface area (TPSA) is 112 Å². The summed E-state index contributed by atoms with van der Waals surface area (Å²) in [6.07, 6.45) is 2.00. The molecule has 2 saturated heterocycles. The summed E-state index contributed by atoms with van der Waals surface area (Å²) in [6.45, 7) is 1.44. The Morgan fingerprint density at radius 3 is 2.23 bits per heavy atom. The summed E-state index contributed by atoms with van der Waals surface area (Å²) in [4.78, 5) is 65.5. The van der Waals surface area contributed by atoms with Crippen LogP contribution in [0.3, 0.4) is 0 Å². The van der Waals surface area contributed by atoms with E-state index in [0.717, 1.165) is 9.80 Å². The molecule has 0 bridgehead atoms. The van der Waals surface area contributed by atoms with Gasteiger partial charge in [0.2, 0.25) is 11.8 Å². The van der Waals surface area contributed by atoms with Crippen molar-refractivity contribution in [3.63, 3.8) is 0 Å². The van der Waals surface area contributed by atoms with Crippen LogP contribution in [0.5, 0.6) is 5.75 Å². The van der Waals surface area contributed by atoms with Crippen LogP contribution >= 0.6 is 23.2 Å². The minimum atomic E-state index is -1.91. The monoisotopic (exact) mass is 616 g/mol. The van der Waals surface area contributed by atoms with Crippen molar-refractivity contribution in [2.45, 2.75) is 35.4 Å². The maximum atomic E-state index is 14.2. The molecule has 43 heavy (non-hydrogen) atoms. The SMILES string of the molecule is CC(=O)c1ccc(N2C(=O)C3CC=C4C(CC5(Cl)C(=O)N(C)C(=O)C5(Cl)C4c4ccc(O)c5ccccc45)C3C2=O)cc1. The molecule has 1 N–H and O–H groups in total. The average Bonchev–Trinajstić information content (AvgIpc) is 3.33. The number of aromatic hydroxyl groups is 1. The predicted molar refractivity (Wildman–Crippen MR) is 160 cm³/mol. The fourth-order valence-corrected chi connectivity index (χ4v) is 8.76. The Morgan fingerprint density at radius 1 is 0.884 bits per heavy atom. The highest BCUT2D eigenvalue weighted by Gasteiger charge is 2.76. The van der Waals surface area contributed by atoms with Gasteiger partial charge in [-0.25, -0.2) is 0 Å². The van der Waals surface area contributed by atoms with Gasteiger partial charge in [-0.05, 0) is 67.0 Å². The molecule has 0 radical (unpaired) electrons. The first-order valence-electron chi connectivity index (χ1n) is 14.0. The van der Waals surface area contributed by atoms with Gasteiger partial charge in [0, 0.05) is 23.9 Å². The molecule has 6 unspecified atom stereocenters. The van der Waals surface area contributed by atoms with Gasteiger partial charge in [0.1, 0.15) is 5.75 Å². The van der Waals surface area contributed by atoms with Gasteiger partial charge in [-0.15, -0.1) is 23.2 Å². The zero-order valence-corrected chi connectivity index (χ0v) is 24.7. The maximum absolute atomic E-state index is 14.2. The number of fused-ring (bicyclic) bond motifs is 5. The van der Waals surface area contributed by atoms with Crippen molar-refractivity contribution in [1.29, 1.82) is 0 Å². The maximum Gasteiger partial charge on any atom is 0.253 e. The number of phenolic OH excluding ortho intramolecular Hbond substituents is 1. The molecule has 3 aromatic rings. The second-order valence-electron chi connectivity index (χ2n) is 11.8. The largest absolute Gasteiger partial charge is 0.507 e. The summed E-state index contributed by atoms with van der Waals surface area (Å²) in [5.74, 6) is -5.31. The number of ketones is 1. The van der Waals surface area contributed by atoms with Gasteiger partial charge in [0.05, 0.1) is 17.5 Å². The molecule has 2 aliphatic heterocycles. The van der Waals surface area contributed by atoms with E-state index < -0.39 is 51.1 Å². The minimum Gasteiger partial charge on any atom is -0.507 e. The summed E-state index contributed by atoms with van der Waals surface area (Å²) in [6, 6.07) is 16.6. The number of hydrogen-bond donors (Lipinski definition) is 1. The average molecular weight is 617 g/mol. The van der Waals surface area contributed by atoms with E-state index in [-0.39, 0.29) is 30.3 Å². The number of carbonyl (C=O) groups is 5. The first kappa shape index (κ1) is 27.8. The van der Waals surface area contributed by atoms with Gasteiger partial charge in [-0.2, -0.15) is 0 Å². The summed E-state index contributed by atoms with van der Waals surface area (Å²) in [5, 5.41) is 11.8. The van der Waals surface area contributed by atoms with Crippen LogP contribution in [0.1, 0.15) is 41.6 Å². The summed E-state index contributed by atoms with van der Waals surface area (Å²) >= 11 is 14.6. The molecule has 6 atom stereocenters. The first-order chi connectivity index (χ1) is 20.4. The Kier molecular flexibility index (Phi) is 5.98. The fraction of sp³-hybridized carbons (Fsp3) is 0.303. The summed E-state index contributed by atoms with van der Waals surface area (Å²) in [5.41, 5.74) is 2.07. The number of halogens is 2. The van der Waals surface area contributed by atoms with Crippen molar-refractivity contribution in [1.82, 2.24) is 4.90 Å². The molecular weight excluding hydrogens is 591 g/mol. The van der Waals surface area contributed by atoms with Crippen LogP contribution in [0.15, 0.2) is 72.3 Å². The Labute approximate surface area is 256 Å². The highest BCUT2D eigenvalue weighted by Crippen LogP contribution is 2.66. The molecule has 8 nitrogen and oxygen atoms in total. The van der Waals surface area contributed by atoms with Crippen LogP contribution in [0, 0.1) is 17.8 Å². The van der Waals surface area contributed by atoms with Crippen molar-refractivity contribution in [3.05, 3.63) is 83.4 Å². The Balaban J connectivity index is 1.40. The minimum absolute atomic E-state index is 0.0408. The van der Waals surface area contributed by atoms with Gasteiger partial charge in [-0.1, -0.05) is 42.0 Å². The molecule has 3 fully saturated rings. The van der Waals surface area contributed by atoms with Crippen LogP contribution in [0.4, 0.5) is 5.69 Å². The number of phenols is 1. The van der Waals surface area contributed by atoms with E-state index in [1.807, 2.05) is 6.08 Å². The van der Waals surface area contributed by atoms with Gasteiger partial charge >= 0.3 is 0 Å². The third-order valence-corrected chi connectivity index (χ3v) is 11.2. The number of anilines is 1. The lowest BCUT2D eigenvalue weighted by Crippen LogP contribution is -2.60. The second kappa shape index (κ2) is 9.24. The highest BCUT2D eigenvalue weighted by atomic mass is 35.5. The Bertz CT molecular complexity index is 1840. The standard InChI is InChI=1S/C33H26Cl2N2O6/c1-16(38)17-7-9-18(10-8-17)37-28(40)23-12-11-22-24(26(23)29(37)41)15-32(34)30(42)36(2)31(43)33(32,35)27(22)21-13-14-25(39)20-6-4-3-5-19(20)21/h3-11,13-14,23-24,26-27,39H,12,15H2,1-2H3. The van der Waals surface area contributed by atoms with Crippen LogP contribution < -0.4 is 4.90 Å². The van der Waals surface area contributed by atoms with E-state index in [4.69, 9.17) is 23.2 Å². The summed E-state index contributed by atoms with van der Waals surface area (Å²) in [7, 11) is 1.35. The van der Waals surface area contributed by atoms with Gasteiger partial charge in [-0.3, -0.25) is 33.8 Å². The molecule has 0 spiro atoms. The van der Waals surface area contributed by atoms with E-state index >= 15 is 0 Å². The smallest absolute Gasteiger partial charge is 0.253 e. The van der Waals surface area contributed by atoms with E-state index in [2.05, 4.69) is 0 Å². The van der Waals surface area contributed by atoms with Crippen molar-refractivity contribution in [3.8, 4) is 5.75 Å². The number of likely N-dealkylation sites (tertiary alicyclic amines) is 1. The van der Waals surface area contributed by atoms with Crippen LogP contribution in [0.2, 0.25) is 0 Å². The predicted octanol–water partition coefficient (Wildman–Crippen LogP) is 4.94. The molecule has 4 amide bonds. The molecule has 218 valence electrons. The van der Waals surface area contributed by atoms with Crippen molar-refractivity contribution in [2.24, 2.45) is 17.8 Å². The van der Waals surface area contributed by atoms with Gasteiger partial charge in [0.25, 0.3) is 11.8 Å². The number of allylic oxidation sites excluding steroid dienone is 2. The van der Waals surface area contributed by atoms with Crippen LogP contribution in [-0.2, 0) is 19.2 Å². The molecule has 2 aliphatic carbocycles. The number of carbonyl (C=O) groups excluding carboxylic acids is 5. The molecular formula is C33H26Cl2N2O6. The van der Waals surface area contributed by atoms with Crippen molar-refractivity contribution in [2.75, 3.05) is 11.9 Å². The number of Topliss-reactive ketones (excluding diaryl/α,β-unsaturated/α-hetero) is 1. The normalized spacial score (nSPS) is 31.7. The number of alkyl halides is 2. The third kappa shape index (κ3) is 3.48. The molecule has 4 aliphatic rings. The highest BCUT2D eigenvalue weighted by molar-refractivity contribution is 6.53. The Hall–Kier alpha value is -4.01. The van der Waals surface area contributed by atoms with Crippen molar-refractivity contribution >= 4 is 69.1 Å². The lowest BCUT2D eigenvalue weighted by molar-refractivity contribution is -0.138. The number of amides is 4. The van der Waals surface area contributed by atoms with E-state index in [1.54, 1.807) is 54.6 Å². The van der Waals surface area contributed by atoms with E-state index in [0.29, 0.717) is 33.2 Å². The van der Waals surface area contributed by atoms with E-state index in [1.165, 1.54) is 20.0 Å². The number of imide groups is 2. The third-order valence-electron chi connectivity index (χ3n) is 9.79. The number of benzene rings is 3. The zero-order chi connectivity index (χ0) is 30.6. The lowest BCUT2D eigenvalue weighted by atomic mass is 9.56. The van der Waals surface area contributed by atoms with Crippen LogP contribution in [0.25, 0.3) is 10.8 Å². The number of rotatable bonds is 3. The number of hydrogen-bond acceptors (Lipinski definition) is 6. The quantitative estimate of drug-likeness (QED) is 0.193. The van der Waals surface area contributed by atoms with Crippen molar-refractivity contribution < 1.29 is 29.1 Å². The zero-order valence-electron chi connectivity index (χ0n) is 23.2. The number of nitrogens with zero attached hydrogens (tertiary/aromatic N) is 2. The Morgan fingerprint density at radius 2 is 1.56 bits per heavy atom. The first-order valence-corrected chi connectivity index (χ1v) is 14.8. The molecule has 7 rings (SSSR count). The fourth-order valence-electron chi connectivity index (χ4n) is 7.75. The lowest BCUT2D eigenvalue weighted by Gasteiger charge is -2.51. The van der Waals surface area contributed by atoms with Gasteiger partial charge in [0.15, 0.2) is 15.5 Å². The van der Waals surface area contributed by atoms with Gasteiger partial charge < -0.3 is 5.11 Å². The molecule has 0 aromatic heterocycles.